The van der Waals surface area contributed by atoms with Crippen molar-refractivity contribution in [2.24, 2.45) is 13.0 Å². The summed E-state index contributed by atoms with van der Waals surface area (Å²) in [6, 6.07) is 0. The predicted octanol–water partition coefficient (Wildman–Crippen LogP) is 1.22. The molecule has 0 spiro atoms. The molecule has 1 aliphatic rings. The first kappa shape index (κ1) is 16.0. The number of piperidine rings is 1. The van der Waals surface area contributed by atoms with E-state index in [9.17, 15) is 4.79 Å². The summed E-state index contributed by atoms with van der Waals surface area (Å²) >= 11 is 0. The number of amides is 1. The van der Waals surface area contributed by atoms with Crippen LogP contribution in [0.25, 0.3) is 0 Å². The van der Waals surface area contributed by atoms with E-state index in [1.54, 1.807) is 10.9 Å². The molecule has 19 heavy (non-hydrogen) atoms. The number of rotatable bonds is 3. The number of carbonyl (C=O) groups is 1. The molecule has 1 aromatic heterocycles. The average Bonchev–Trinajstić information content (AvgIpc) is 2.71. The van der Waals surface area contributed by atoms with Crippen LogP contribution in [-0.2, 0) is 7.05 Å². The van der Waals surface area contributed by atoms with Gasteiger partial charge in [-0.3, -0.25) is 9.48 Å². The van der Waals surface area contributed by atoms with Gasteiger partial charge >= 0.3 is 0 Å². The quantitative estimate of drug-likeness (QED) is 0.909. The molecule has 0 bridgehead atoms. The molecule has 0 atom stereocenters. The molecule has 0 unspecified atom stereocenters. The highest BCUT2D eigenvalue weighted by atomic mass is 35.5. The maximum Gasteiger partial charge on any atom is 0.257 e. The zero-order valence-electron chi connectivity index (χ0n) is 11.8. The van der Waals surface area contributed by atoms with Gasteiger partial charge in [-0.1, -0.05) is 0 Å². The number of aryl methyl sites for hydroxylation is 1. The standard InChI is InChI=1S/C13H22N4O.ClH/c1-10-12(9-15-16(10)3)13(18)17-6-4-11(5-7-17)8-14-2;/h9,11,14H,4-8H2,1-3H3;1H. The zero-order chi connectivity index (χ0) is 13.1. The monoisotopic (exact) mass is 286 g/mol. The van der Waals surface area contributed by atoms with Gasteiger partial charge in [-0.15, -0.1) is 12.4 Å². The van der Waals surface area contributed by atoms with Gasteiger partial charge < -0.3 is 10.2 Å². The lowest BCUT2D eigenvalue weighted by atomic mass is 9.96. The molecule has 1 fully saturated rings. The molecule has 0 aliphatic carbocycles. The highest BCUT2D eigenvalue weighted by molar-refractivity contribution is 5.95. The minimum Gasteiger partial charge on any atom is -0.339 e. The van der Waals surface area contributed by atoms with Gasteiger partial charge in [-0.05, 0) is 39.3 Å². The van der Waals surface area contributed by atoms with Crippen LogP contribution in [0, 0.1) is 12.8 Å². The number of halogens is 1. The second-order valence-corrected chi connectivity index (χ2v) is 5.06. The first-order valence-corrected chi connectivity index (χ1v) is 6.56. The lowest BCUT2D eigenvalue weighted by molar-refractivity contribution is 0.0690. The van der Waals surface area contributed by atoms with Gasteiger partial charge in [0.05, 0.1) is 11.8 Å². The van der Waals surface area contributed by atoms with Crippen molar-refractivity contribution in [3.05, 3.63) is 17.5 Å². The third-order valence-electron chi connectivity index (χ3n) is 3.86. The molecule has 0 saturated carbocycles. The summed E-state index contributed by atoms with van der Waals surface area (Å²) in [7, 11) is 3.85. The van der Waals surface area contributed by atoms with E-state index in [-0.39, 0.29) is 18.3 Å². The first-order chi connectivity index (χ1) is 8.63. The van der Waals surface area contributed by atoms with E-state index in [1.165, 1.54) is 0 Å². The summed E-state index contributed by atoms with van der Waals surface area (Å²) in [4.78, 5) is 14.3. The van der Waals surface area contributed by atoms with E-state index in [2.05, 4.69) is 10.4 Å². The van der Waals surface area contributed by atoms with Crippen LogP contribution in [0.4, 0.5) is 0 Å². The highest BCUT2D eigenvalue weighted by Crippen LogP contribution is 2.19. The molecule has 5 nitrogen and oxygen atoms in total. The van der Waals surface area contributed by atoms with Crippen LogP contribution >= 0.6 is 12.4 Å². The number of carbonyl (C=O) groups excluding carboxylic acids is 1. The molecule has 1 aliphatic heterocycles. The summed E-state index contributed by atoms with van der Waals surface area (Å²) in [5.41, 5.74) is 1.68. The Bertz CT molecular complexity index is 424. The van der Waals surface area contributed by atoms with Gasteiger partial charge in [0, 0.05) is 25.8 Å². The third-order valence-corrected chi connectivity index (χ3v) is 3.86. The van der Waals surface area contributed by atoms with Crippen LogP contribution in [0.2, 0.25) is 0 Å². The first-order valence-electron chi connectivity index (χ1n) is 6.56. The minimum atomic E-state index is 0. The second kappa shape index (κ2) is 6.91. The van der Waals surface area contributed by atoms with Crippen LogP contribution in [0.5, 0.6) is 0 Å². The van der Waals surface area contributed by atoms with Crippen molar-refractivity contribution in [1.29, 1.82) is 0 Å². The summed E-state index contributed by atoms with van der Waals surface area (Å²) in [6.07, 6.45) is 3.86. The summed E-state index contributed by atoms with van der Waals surface area (Å²) in [5, 5.41) is 7.34. The summed E-state index contributed by atoms with van der Waals surface area (Å²) in [6.45, 7) is 4.71. The van der Waals surface area contributed by atoms with Gasteiger partial charge in [0.25, 0.3) is 5.91 Å². The van der Waals surface area contributed by atoms with Crippen molar-refractivity contribution in [1.82, 2.24) is 20.0 Å². The normalized spacial score (nSPS) is 16.3. The fourth-order valence-electron chi connectivity index (χ4n) is 2.51. The second-order valence-electron chi connectivity index (χ2n) is 5.06. The van der Waals surface area contributed by atoms with E-state index < -0.39 is 0 Å². The molecule has 108 valence electrons. The zero-order valence-corrected chi connectivity index (χ0v) is 12.7. The Kier molecular flexibility index (Phi) is 5.82. The fraction of sp³-hybridized carbons (Fsp3) is 0.692. The van der Waals surface area contributed by atoms with Crippen LogP contribution < -0.4 is 5.32 Å². The smallest absolute Gasteiger partial charge is 0.257 e. The number of likely N-dealkylation sites (tertiary alicyclic amines) is 1. The SMILES string of the molecule is CNCC1CCN(C(=O)c2cnn(C)c2C)CC1.Cl. The van der Waals surface area contributed by atoms with Crippen LogP contribution in [0.15, 0.2) is 6.20 Å². The van der Waals surface area contributed by atoms with Gasteiger partial charge in [0.2, 0.25) is 0 Å². The Morgan fingerprint density at radius 2 is 2.11 bits per heavy atom. The molecule has 6 heteroatoms. The maximum atomic E-state index is 12.4. The molecule has 1 aromatic rings. The Morgan fingerprint density at radius 3 is 2.58 bits per heavy atom. The molecule has 1 saturated heterocycles. The lowest BCUT2D eigenvalue weighted by Crippen LogP contribution is -2.40. The molecule has 0 radical (unpaired) electrons. The van der Waals surface area contributed by atoms with Crippen molar-refractivity contribution >= 4 is 18.3 Å². The van der Waals surface area contributed by atoms with E-state index >= 15 is 0 Å². The average molecular weight is 287 g/mol. The molecule has 0 aromatic carbocycles. The third kappa shape index (κ3) is 3.48. The van der Waals surface area contributed by atoms with Crippen molar-refractivity contribution in [2.75, 3.05) is 26.7 Å². The molecular formula is C13H23ClN4O. The van der Waals surface area contributed by atoms with Crippen LogP contribution in [0.3, 0.4) is 0 Å². The summed E-state index contributed by atoms with van der Waals surface area (Å²) < 4.78 is 1.75. The Labute approximate surface area is 120 Å². The van der Waals surface area contributed by atoms with Gasteiger partial charge in [-0.2, -0.15) is 5.10 Å². The van der Waals surface area contributed by atoms with Gasteiger partial charge in [0.1, 0.15) is 0 Å². The highest BCUT2D eigenvalue weighted by Gasteiger charge is 2.25. The largest absolute Gasteiger partial charge is 0.339 e. The number of nitrogens with one attached hydrogen (secondary N) is 1. The van der Waals surface area contributed by atoms with Crippen molar-refractivity contribution in [3.63, 3.8) is 0 Å². The van der Waals surface area contributed by atoms with E-state index in [0.717, 1.165) is 43.7 Å². The fourth-order valence-corrected chi connectivity index (χ4v) is 2.51. The number of nitrogens with zero attached hydrogens (tertiary/aromatic N) is 3. The summed E-state index contributed by atoms with van der Waals surface area (Å²) in [5.74, 6) is 0.831. The van der Waals surface area contributed by atoms with Gasteiger partial charge in [-0.25, -0.2) is 0 Å². The molecule has 2 heterocycles. The number of hydrogen-bond acceptors (Lipinski definition) is 3. The van der Waals surface area contributed by atoms with Crippen molar-refractivity contribution < 1.29 is 4.79 Å². The Balaban J connectivity index is 0.00000180. The lowest BCUT2D eigenvalue weighted by Gasteiger charge is -2.31. The topological polar surface area (TPSA) is 50.2 Å². The van der Waals surface area contributed by atoms with E-state index in [0.29, 0.717) is 5.92 Å². The van der Waals surface area contributed by atoms with Crippen LogP contribution in [-0.4, -0.2) is 47.3 Å². The van der Waals surface area contributed by atoms with Gasteiger partial charge in [0.15, 0.2) is 0 Å². The van der Waals surface area contributed by atoms with Crippen LogP contribution in [0.1, 0.15) is 28.9 Å². The Hall–Kier alpha value is -1.07. The van der Waals surface area contributed by atoms with Crippen molar-refractivity contribution in [3.8, 4) is 0 Å². The van der Waals surface area contributed by atoms with E-state index in [4.69, 9.17) is 0 Å². The Morgan fingerprint density at radius 1 is 1.47 bits per heavy atom. The van der Waals surface area contributed by atoms with Crippen molar-refractivity contribution in [2.45, 2.75) is 19.8 Å². The molecule has 2 rings (SSSR count). The maximum absolute atomic E-state index is 12.4. The molecular weight excluding hydrogens is 264 g/mol. The molecule has 1 amide bonds. The predicted molar refractivity (Wildman–Crippen MR) is 77.7 cm³/mol. The van der Waals surface area contributed by atoms with E-state index in [1.807, 2.05) is 25.9 Å². The number of hydrogen-bond donors (Lipinski definition) is 1. The molecule has 1 N–H and O–H groups in total. The minimum absolute atomic E-state index is 0. The number of aromatic nitrogens is 2.